The number of amides is 1. The maximum Gasteiger partial charge on any atom is 0.244 e. The molecule has 0 aliphatic heterocycles. The van der Waals surface area contributed by atoms with Gasteiger partial charge in [-0.25, -0.2) is 5.43 Å². The molecule has 2 fully saturated rings. The molecule has 1 N–H and O–H groups in total. The molecular weight excluding hydrogens is 292 g/mol. The molecule has 2 aliphatic rings. The Labute approximate surface area is 137 Å². The minimum absolute atomic E-state index is 0.0520. The summed E-state index contributed by atoms with van der Waals surface area (Å²) in [5.41, 5.74) is 3.76. The van der Waals surface area contributed by atoms with Crippen LogP contribution in [0.5, 0.6) is 11.5 Å². The lowest BCUT2D eigenvalue weighted by molar-refractivity contribution is -0.123. The van der Waals surface area contributed by atoms with Crippen LogP contribution in [-0.4, -0.2) is 26.3 Å². The summed E-state index contributed by atoms with van der Waals surface area (Å²) in [5, 5.41) is 4.10. The number of nitrogens with one attached hydrogen (secondary N) is 1. The van der Waals surface area contributed by atoms with Crippen molar-refractivity contribution in [2.75, 3.05) is 14.2 Å². The fraction of sp³-hybridized carbons (Fsp3) is 0.556. The number of rotatable bonds is 5. The van der Waals surface area contributed by atoms with Crippen molar-refractivity contribution in [1.29, 1.82) is 0 Å². The summed E-state index contributed by atoms with van der Waals surface area (Å²) >= 11 is 0. The summed E-state index contributed by atoms with van der Waals surface area (Å²) in [6.45, 7) is 2.24. The summed E-state index contributed by atoms with van der Waals surface area (Å²) in [6, 6.07) is 5.51. The maximum atomic E-state index is 12.3. The van der Waals surface area contributed by atoms with Gasteiger partial charge in [0.15, 0.2) is 11.5 Å². The number of carbonyl (C=O) groups is 1. The van der Waals surface area contributed by atoms with Gasteiger partial charge in [0.2, 0.25) is 5.91 Å². The average Bonchev–Trinajstić information content (AvgIpc) is 3.20. The predicted molar refractivity (Wildman–Crippen MR) is 88.8 cm³/mol. The lowest BCUT2D eigenvalue weighted by Gasteiger charge is -2.15. The Bertz CT molecular complexity index is 629. The zero-order valence-electron chi connectivity index (χ0n) is 14.0. The van der Waals surface area contributed by atoms with Crippen molar-refractivity contribution in [2.24, 2.45) is 22.4 Å². The molecule has 2 saturated carbocycles. The molecule has 0 spiro atoms. The number of ether oxygens (including phenoxy) is 2. The average molecular weight is 316 g/mol. The van der Waals surface area contributed by atoms with E-state index in [0.717, 1.165) is 12.0 Å². The standard InChI is InChI=1S/C18H24N2O3/c1-18-9-5-4-6-13(18)16(18)17(21)20-19-11-12-7-8-14(22-2)15(10-12)23-3/h7-8,10-11,13,16H,4-6,9H2,1-3H3,(H,20,21)/b19-11-/t13-,16-,18+/m0/s1. The minimum Gasteiger partial charge on any atom is -0.493 e. The molecule has 0 bridgehead atoms. The third-order valence-electron chi connectivity index (χ3n) is 5.41. The molecule has 0 unspecified atom stereocenters. The van der Waals surface area contributed by atoms with Gasteiger partial charge in [-0.3, -0.25) is 4.79 Å². The first kappa shape index (κ1) is 15.8. The van der Waals surface area contributed by atoms with Gasteiger partial charge in [0.05, 0.1) is 20.4 Å². The third kappa shape index (κ3) is 2.92. The Hall–Kier alpha value is -2.04. The first-order valence-electron chi connectivity index (χ1n) is 8.15. The molecule has 23 heavy (non-hydrogen) atoms. The molecule has 0 aromatic heterocycles. The summed E-state index contributed by atoms with van der Waals surface area (Å²) < 4.78 is 10.5. The van der Waals surface area contributed by atoms with Crippen LogP contribution in [0.25, 0.3) is 0 Å². The highest BCUT2D eigenvalue weighted by molar-refractivity contribution is 5.86. The van der Waals surface area contributed by atoms with E-state index in [2.05, 4.69) is 17.5 Å². The zero-order chi connectivity index (χ0) is 16.4. The summed E-state index contributed by atoms with van der Waals surface area (Å²) in [5.74, 6) is 2.04. The number of nitrogens with zero attached hydrogens (tertiary/aromatic N) is 1. The highest BCUT2D eigenvalue weighted by Gasteiger charge is 2.64. The number of carbonyl (C=O) groups excluding carboxylic acids is 1. The van der Waals surface area contributed by atoms with Crippen LogP contribution in [0.15, 0.2) is 23.3 Å². The van der Waals surface area contributed by atoms with Crippen LogP contribution >= 0.6 is 0 Å². The molecule has 5 heteroatoms. The summed E-state index contributed by atoms with van der Waals surface area (Å²) in [6.07, 6.45) is 6.46. The van der Waals surface area contributed by atoms with Gasteiger partial charge in [-0.2, -0.15) is 5.10 Å². The molecule has 1 amide bonds. The van der Waals surface area contributed by atoms with Gasteiger partial charge < -0.3 is 9.47 Å². The maximum absolute atomic E-state index is 12.3. The number of hydrazone groups is 1. The summed E-state index contributed by atoms with van der Waals surface area (Å²) in [7, 11) is 3.19. The normalized spacial score (nSPS) is 29.0. The van der Waals surface area contributed by atoms with Crippen molar-refractivity contribution in [1.82, 2.24) is 5.43 Å². The van der Waals surface area contributed by atoms with Crippen LogP contribution < -0.4 is 14.9 Å². The Morgan fingerprint density at radius 1 is 1.30 bits per heavy atom. The van der Waals surface area contributed by atoms with Crippen molar-refractivity contribution in [2.45, 2.75) is 32.6 Å². The monoisotopic (exact) mass is 316 g/mol. The molecule has 0 heterocycles. The second-order valence-electron chi connectivity index (χ2n) is 6.68. The lowest BCUT2D eigenvalue weighted by atomic mass is 9.90. The van der Waals surface area contributed by atoms with Crippen LogP contribution in [0.3, 0.4) is 0 Å². The van der Waals surface area contributed by atoms with E-state index in [1.54, 1.807) is 20.4 Å². The van der Waals surface area contributed by atoms with Gasteiger partial charge in [0, 0.05) is 5.92 Å². The van der Waals surface area contributed by atoms with E-state index in [1.807, 2.05) is 18.2 Å². The van der Waals surface area contributed by atoms with Crippen molar-refractivity contribution in [3.63, 3.8) is 0 Å². The highest BCUT2D eigenvalue weighted by atomic mass is 16.5. The van der Waals surface area contributed by atoms with Crippen LogP contribution in [0.1, 0.15) is 38.2 Å². The molecule has 1 aromatic carbocycles. The molecule has 3 atom stereocenters. The van der Waals surface area contributed by atoms with Crippen molar-refractivity contribution >= 4 is 12.1 Å². The summed E-state index contributed by atoms with van der Waals surface area (Å²) in [4.78, 5) is 12.3. The number of fused-ring (bicyclic) bond motifs is 1. The Morgan fingerprint density at radius 2 is 2.09 bits per heavy atom. The first-order valence-corrected chi connectivity index (χ1v) is 8.15. The van der Waals surface area contributed by atoms with E-state index >= 15 is 0 Å². The first-order chi connectivity index (χ1) is 11.1. The van der Waals surface area contributed by atoms with E-state index < -0.39 is 0 Å². The van der Waals surface area contributed by atoms with Crippen LogP contribution in [-0.2, 0) is 4.79 Å². The molecule has 0 radical (unpaired) electrons. The highest BCUT2D eigenvalue weighted by Crippen LogP contribution is 2.66. The largest absolute Gasteiger partial charge is 0.493 e. The molecule has 5 nitrogen and oxygen atoms in total. The second-order valence-corrected chi connectivity index (χ2v) is 6.68. The fourth-order valence-corrected chi connectivity index (χ4v) is 4.02. The lowest BCUT2D eigenvalue weighted by Crippen LogP contribution is -2.22. The zero-order valence-corrected chi connectivity index (χ0v) is 14.0. The smallest absolute Gasteiger partial charge is 0.244 e. The van der Waals surface area contributed by atoms with Crippen LogP contribution in [0.2, 0.25) is 0 Å². The van der Waals surface area contributed by atoms with E-state index in [4.69, 9.17) is 9.47 Å². The quantitative estimate of drug-likeness (QED) is 0.671. The van der Waals surface area contributed by atoms with E-state index in [1.165, 1.54) is 19.3 Å². The Kier molecular flexibility index (Phi) is 4.28. The van der Waals surface area contributed by atoms with E-state index in [9.17, 15) is 4.79 Å². The van der Waals surface area contributed by atoms with Gasteiger partial charge in [-0.15, -0.1) is 0 Å². The van der Waals surface area contributed by atoms with Gasteiger partial charge in [-0.1, -0.05) is 19.8 Å². The molecule has 3 rings (SSSR count). The van der Waals surface area contributed by atoms with E-state index in [-0.39, 0.29) is 17.2 Å². The fourth-order valence-electron chi connectivity index (χ4n) is 4.02. The van der Waals surface area contributed by atoms with Gasteiger partial charge in [0.25, 0.3) is 0 Å². The number of benzene rings is 1. The van der Waals surface area contributed by atoms with E-state index in [0.29, 0.717) is 17.4 Å². The topological polar surface area (TPSA) is 59.9 Å². The number of methoxy groups -OCH3 is 2. The second kappa shape index (κ2) is 6.22. The van der Waals surface area contributed by atoms with Crippen LogP contribution in [0.4, 0.5) is 0 Å². The van der Waals surface area contributed by atoms with Gasteiger partial charge in [-0.05, 0) is 47.9 Å². The predicted octanol–water partition coefficient (Wildman–Crippen LogP) is 2.98. The number of hydrogen-bond donors (Lipinski definition) is 1. The minimum atomic E-state index is 0.0520. The Morgan fingerprint density at radius 3 is 2.74 bits per heavy atom. The molecule has 1 aromatic rings. The SMILES string of the molecule is COc1ccc(/C=N\NC(=O)[C@@H]2[C@@H]3CCCC[C@@]23C)cc1OC. The van der Waals surface area contributed by atoms with Crippen molar-refractivity contribution < 1.29 is 14.3 Å². The van der Waals surface area contributed by atoms with Crippen molar-refractivity contribution in [3.8, 4) is 11.5 Å². The van der Waals surface area contributed by atoms with Crippen molar-refractivity contribution in [3.05, 3.63) is 23.8 Å². The van der Waals surface area contributed by atoms with Gasteiger partial charge in [0.1, 0.15) is 0 Å². The Balaban J connectivity index is 1.60. The van der Waals surface area contributed by atoms with Gasteiger partial charge >= 0.3 is 0 Å². The van der Waals surface area contributed by atoms with Crippen LogP contribution in [0, 0.1) is 17.3 Å². The molecule has 0 saturated heterocycles. The third-order valence-corrected chi connectivity index (χ3v) is 5.41. The molecule has 124 valence electrons. The number of hydrogen-bond acceptors (Lipinski definition) is 4. The molecular formula is C18H24N2O3. The molecule has 2 aliphatic carbocycles.